The first kappa shape index (κ1) is 19.0. The number of esters is 1. The number of hydrogen-bond donors (Lipinski definition) is 1. The fourth-order valence-electron chi connectivity index (χ4n) is 2.40. The Morgan fingerprint density at radius 1 is 1.41 bits per heavy atom. The van der Waals surface area contributed by atoms with E-state index in [1.165, 1.54) is 24.4 Å². The van der Waals surface area contributed by atoms with Crippen LogP contribution < -0.4 is 5.32 Å². The summed E-state index contributed by atoms with van der Waals surface area (Å²) in [6, 6.07) is 1.16. The number of nitrogens with one attached hydrogen (secondary N) is 1. The summed E-state index contributed by atoms with van der Waals surface area (Å²) in [4.78, 5) is 11.5. The zero-order valence-electron chi connectivity index (χ0n) is 12.8. The largest absolute Gasteiger partial charge is 0.465 e. The summed E-state index contributed by atoms with van der Waals surface area (Å²) < 4.78 is 36.3. The summed E-state index contributed by atoms with van der Waals surface area (Å²) in [7, 11) is -0.968. The average molecular weight is 353 g/mol. The summed E-state index contributed by atoms with van der Waals surface area (Å²) in [6.07, 6.45) is 1.50. The van der Waals surface area contributed by atoms with Gasteiger partial charge in [0.15, 0.2) is 0 Å². The van der Waals surface area contributed by atoms with Gasteiger partial charge in [0.05, 0.1) is 7.11 Å². The van der Waals surface area contributed by atoms with Crippen LogP contribution in [-0.4, -0.2) is 52.0 Å². The van der Waals surface area contributed by atoms with Crippen LogP contribution in [-0.2, 0) is 14.8 Å². The lowest BCUT2D eigenvalue weighted by molar-refractivity contribution is 0.0599. The van der Waals surface area contributed by atoms with E-state index in [4.69, 9.17) is 4.42 Å². The Morgan fingerprint density at radius 2 is 2.00 bits per heavy atom. The second-order valence-electron chi connectivity index (χ2n) is 5.03. The molecule has 0 aromatic carbocycles. The first-order valence-corrected chi connectivity index (χ1v) is 8.19. The third kappa shape index (κ3) is 3.62. The number of rotatable bonds is 4. The predicted molar refractivity (Wildman–Crippen MR) is 82.9 cm³/mol. The number of ether oxygens (including phenoxy) is 1. The van der Waals surface area contributed by atoms with E-state index in [-0.39, 0.29) is 34.9 Å². The lowest BCUT2D eigenvalue weighted by atomic mass is 10.1. The predicted octanol–water partition coefficient (Wildman–Crippen LogP) is 1.17. The van der Waals surface area contributed by atoms with Crippen LogP contribution in [0.3, 0.4) is 0 Å². The first-order valence-electron chi connectivity index (χ1n) is 6.75. The second-order valence-corrected chi connectivity index (χ2v) is 6.96. The zero-order chi connectivity index (χ0) is 15.6. The highest BCUT2D eigenvalue weighted by atomic mass is 35.5. The molecule has 7 nitrogen and oxygen atoms in total. The van der Waals surface area contributed by atoms with Crippen molar-refractivity contribution in [3.63, 3.8) is 0 Å². The molecule has 1 fully saturated rings. The SMILES string of the molecule is COC(=O)c1cc(S(=O)(=O)N(C)C2CCNCC2)oc1C.Cl. The topological polar surface area (TPSA) is 88.9 Å². The average Bonchev–Trinajstić information content (AvgIpc) is 2.89. The fourth-order valence-corrected chi connectivity index (χ4v) is 3.79. The van der Waals surface area contributed by atoms with Crippen molar-refractivity contribution < 1.29 is 22.4 Å². The monoisotopic (exact) mass is 352 g/mol. The highest BCUT2D eigenvalue weighted by Gasteiger charge is 2.33. The summed E-state index contributed by atoms with van der Waals surface area (Å²) in [5, 5.41) is 2.97. The van der Waals surface area contributed by atoms with E-state index in [0.29, 0.717) is 0 Å². The first-order chi connectivity index (χ1) is 9.87. The number of methoxy groups -OCH3 is 1. The van der Waals surface area contributed by atoms with E-state index in [0.717, 1.165) is 25.9 Å². The number of nitrogens with zero attached hydrogens (tertiary/aromatic N) is 1. The zero-order valence-corrected chi connectivity index (χ0v) is 14.4. The Balaban J connectivity index is 0.00000242. The Kier molecular flexibility index (Phi) is 6.42. The molecule has 0 amide bonds. The van der Waals surface area contributed by atoms with Crippen LogP contribution in [0.2, 0.25) is 0 Å². The number of furan rings is 1. The number of carbonyl (C=O) groups excluding carboxylic acids is 1. The van der Waals surface area contributed by atoms with Crippen molar-refractivity contribution in [1.29, 1.82) is 0 Å². The van der Waals surface area contributed by atoms with Gasteiger partial charge in [-0.15, -0.1) is 12.4 Å². The molecule has 2 heterocycles. The summed E-state index contributed by atoms with van der Waals surface area (Å²) in [6.45, 7) is 3.11. The van der Waals surface area contributed by atoms with E-state index in [1.807, 2.05) is 0 Å². The molecule has 1 aliphatic heterocycles. The van der Waals surface area contributed by atoms with Crippen LogP contribution in [0, 0.1) is 6.92 Å². The number of hydrogen-bond acceptors (Lipinski definition) is 6. The van der Waals surface area contributed by atoms with Crippen LogP contribution in [0.1, 0.15) is 29.0 Å². The molecule has 22 heavy (non-hydrogen) atoms. The Labute approximate surface area is 136 Å². The third-order valence-electron chi connectivity index (χ3n) is 3.76. The third-order valence-corrected chi connectivity index (χ3v) is 5.52. The molecule has 126 valence electrons. The van der Waals surface area contributed by atoms with Gasteiger partial charge in [0.25, 0.3) is 10.0 Å². The van der Waals surface area contributed by atoms with Crippen LogP contribution in [0.25, 0.3) is 0 Å². The van der Waals surface area contributed by atoms with Gasteiger partial charge < -0.3 is 14.5 Å². The van der Waals surface area contributed by atoms with Crippen molar-refractivity contribution in [3.05, 3.63) is 17.4 Å². The quantitative estimate of drug-likeness (QED) is 0.818. The van der Waals surface area contributed by atoms with Crippen molar-refractivity contribution in [2.75, 3.05) is 27.2 Å². The molecule has 1 aromatic rings. The lowest BCUT2D eigenvalue weighted by Crippen LogP contribution is -2.43. The fraction of sp³-hybridized carbons (Fsp3) is 0.615. The molecular formula is C13H21ClN2O5S. The molecule has 1 N–H and O–H groups in total. The van der Waals surface area contributed by atoms with E-state index >= 15 is 0 Å². The Hall–Kier alpha value is -1.09. The van der Waals surface area contributed by atoms with Gasteiger partial charge in [-0.05, 0) is 32.9 Å². The van der Waals surface area contributed by atoms with Crippen LogP contribution in [0.4, 0.5) is 0 Å². The van der Waals surface area contributed by atoms with Crippen LogP contribution in [0.15, 0.2) is 15.6 Å². The van der Waals surface area contributed by atoms with E-state index in [1.54, 1.807) is 7.05 Å². The Morgan fingerprint density at radius 3 is 2.55 bits per heavy atom. The number of aryl methyl sites for hydroxylation is 1. The van der Waals surface area contributed by atoms with Crippen LogP contribution in [0.5, 0.6) is 0 Å². The molecule has 0 bridgehead atoms. The van der Waals surface area contributed by atoms with E-state index < -0.39 is 16.0 Å². The molecule has 0 radical (unpaired) electrons. The molecule has 0 spiro atoms. The van der Waals surface area contributed by atoms with Gasteiger partial charge in [0.1, 0.15) is 11.3 Å². The van der Waals surface area contributed by atoms with Gasteiger partial charge in [-0.25, -0.2) is 13.2 Å². The normalized spacial score (nSPS) is 16.4. The molecule has 0 atom stereocenters. The standard InChI is InChI=1S/C13H20N2O5S.ClH/c1-9-11(13(16)19-3)8-12(20-9)21(17,18)15(2)10-4-6-14-7-5-10;/h8,10,14H,4-7H2,1-3H3;1H. The van der Waals surface area contributed by atoms with Gasteiger partial charge in [-0.2, -0.15) is 4.31 Å². The molecule has 0 aliphatic carbocycles. The van der Waals surface area contributed by atoms with Gasteiger partial charge >= 0.3 is 5.97 Å². The highest BCUT2D eigenvalue weighted by Crippen LogP contribution is 2.25. The molecule has 2 rings (SSSR count). The molecule has 1 aliphatic rings. The molecule has 1 aromatic heterocycles. The van der Waals surface area contributed by atoms with Gasteiger partial charge in [0, 0.05) is 19.2 Å². The van der Waals surface area contributed by atoms with E-state index in [2.05, 4.69) is 10.1 Å². The van der Waals surface area contributed by atoms with Gasteiger partial charge in [-0.3, -0.25) is 0 Å². The van der Waals surface area contributed by atoms with Crippen molar-refractivity contribution in [2.45, 2.75) is 30.9 Å². The van der Waals surface area contributed by atoms with Crippen molar-refractivity contribution in [1.82, 2.24) is 9.62 Å². The number of sulfonamides is 1. The lowest BCUT2D eigenvalue weighted by Gasteiger charge is -2.30. The minimum absolute atomic E-state index is 0. The highest BCUT2D eigenvalue weighted by molar-refractivity contribution is 7.89. The van der Waals surface area contributed by atoms with Crippen molar-refractivity contribution >= 4 is 28.4 Å². The minimum atomic E-state index is -3.75. The molecule has 9 heteroatoms. The summed E-state index contributed by atoms with van der Waals surface area (Å²) in [5.41, 5.74) is 0.134. The molecule has 1 saturated heterocycles. The number of halogens is 1. The second kappa shape index (κ2) is 7.45. The van der Waals surface area contributed by atoms with Crippen LogP contribution >= 0.6 is 12.4 Å². The Bertz CT molecular complexity index is 622. The maximum Gasteiger partial charge on any atom is 0.341 e. The molecule has 0 saturated carbocycles. The number of piperidine rings is 1. The maximum absolute atomic E-state index is 12.6. The summed E-state index contributed by atoms with van der Waals surface area (Å²) in [5.74, 6) is -0.374. The van der Waals surface area contributed by atoms with Gasteiger partial charge in [0.2, 0.25) is 5.09 Å². The van der Waals surface area contributed by atoms with Crippen molar-refractivity contribution in [2.24, 2.45) is 0 Å². The minimum Gasteiger partial charge on any atom is -0.465 e. The summed E-state index contributed by atoms with van der Waals surface area (Å²) >= 11 is 0. The molecule has 0 unspecified atom stereocenters. The number of carbonyl (C=O) groups is 1. The smallest absolute Gasteiger partial charge is 0.341 e. The maximum atomic E-state index is 12.6. The van der Waals surface area contributed by atoms with Crippen molar-refractivity contribution in [3.8, 4) is 0 Å². The van der Waals surface area contributed by atoms with Gasteiger partial charge in [-0.1, -0.05) is 0 Å². The van der Waals surface area contributed by atoms with E-state index in [9.17, 15) is 13.2 Å². The molecular weight excluding hydrogens is 332 g/mol.